The lowest BCUT2D eigenvalue weighted by atomic mass is 10.1. The molecule has 0 aliphatic carbocycles. The Balaban J connectivity index is 1.90. The number of carbonyl (C=O) groups is 1. The molecular weight excluding hydrogens is 284 g/mol. The standard InChI is InChI=1S/C14H13F2NO2S/c15-9-3-1-4-10(16)13(9)14(19)17-7-6-11(18)12-5-2-8-20-12/h1-5,8,11,18H,6-7H2,(H,17,19)/t11-/m0/s1. The summed E-state index contributed by atoms with van der Waals surface area (Å²) in [6.45, 7) is 0.131. The van der Waals surface area contributed by atoms with Crippen LogP contribution in [0.15, 0.2) is 35.7 Å². The molecule has 1 atom stereocenters. The van der Waals surface area contributed by atoms with Crippen molar-refractivity contribution in [2.45, 2.75) is 12.5 Å². The van der Waals surface area contributed by atoms with Gasteiger partial charge in [-0.2, -0.15) is 0 Å². The van der Waals surface area contributed by atoms with E-state index in [1.54, 1.807) is 6.07 Å². The molecular formula is C14H13F2NO2S. The fraction of sp³-hybridized carbons (Fsp3) is 0.214. The number of carbonyl (C=O) groups excluding carboxylic acids is 1. The maximum absolute atomic E-state index is 13.4. The molecule has 20 heavy (non-hydrogen) atoms. The Hall–Kier alpha value is -1.79. The van der Waals surface area contributed by atoms with E-state index in [2.05, 4.69) is 5.32 Å². The lowest BCUT2D eigenvalue weighted by Crippen LogP contribution is -2.27. The molecule has 2 aromatic rings. The van der Waals surface area contributed by atoms with Crippen molar-refractivity contribution in [2.75, 3.05) is 6.54 Å². The molecule has 0 saturated heterocycles. The van der Waals surface area contributed by atoms with Crippen molar-refractivity contribution in [3.05, 3.63) is 57.8 Å². The molecule has 2 rings (SSSR count). The third kappa shape index (κ3) is 3.40. The highest BCUT2D eigenvalue weighted by Crippen LogP contribution is 2.21. The second-order valence-corrected chi connectivity index (χ2v) is 5.15. The Labute approximate surface area is 118 Å². The molecule has 0 bridgehead atoms. The summed E-state index contributed by atoms with van der Waals surface area (Å²) in [5.74, 6) is -2.62. The van der Waals surface area contributed by atoms with Crippen LogP contribution < -0.4 is 5.32 Å². The highest BCUT2D eigenvalue weighted by molar-refractivity contribution is 7.10. The number of aliphatic hydroxyl groups is 1. The van der Waals surface area contributed by atoms with Crippen LogP contribution in [0.1, 0.15) is 27.8 Å². The first kappa shape index (κ1) is 14.6. The minimum absolute atomic E-state index is 0.131. The van der Waals surface area contributed by atoms with Gasteiger partial charge in [0.15, 0.2) is 0 Å². The largest absolute Gasteiger partial charge is 0.388 e. The zero-order valence-corrected chi connectivity index (χ0v) is 11.3. The van der Waals surface area contributed by atoms with Crippen LogP contribution in [-0.2, 0) is 0 Å². The number of halogens is 2. The Bertz CT molecular complexity index is 567. The molecule has 0 spiro atoms. The van der Waals surface area contributed by atoms with E-state index in [4.69, 9.17) is 0 Å². The molecule has 3 nitrogen and oxygen atoms in total. The number of nitrogens with one attached hydrogen (secondary N) is 1. The van der Waals surface area contributed by atoms with Gasteiger partial charge in [-0.25, -0.2) is 8.78 Å². The van der Waals surface area contributed by atoms with Crippen molar-refractivity contribution >= 4 is 17.2 Å². The molecule has 2 N–H and O–H groups in total. The number of aliphatic hydroxyl groups excluding tert-OH is 1. The summed E-state index contributed by atoms with van der Waals surface area (Å²) in [4.78, 5) is 12.5. The van der Waals surface area contributed by atoms with Gasteiger partial charge in [-0.05, 0) is 30.0 Å². The smallest absolute Gasteiger partial charge is 0.257 e. The average Bonchev–Trinajstić information content (AvgIpc) is 2.92. The number of rotatable bonds is 5. The Morgan fingerprint density at radius 2 is 1.95 bits per heavy atom. The van der Waals surface area contributed by atoms with Gasteiger partial charge >= 0.3 is 0 Å². The number of hydrogen-bond donors (Lipinski definition) is 2. The molecule has 1 heterocycles. The minimum Gasteiger partial charge on any atom is -0.388 e. The normalized spacial score (nSPS) is 12.2. The predicted molar refractivity (Wildman–Crippen MR) is 72.6 cm³/mol. The van der Waals surface area contributed by atoms with Gasteiger partial charge < -0.3 is 10.4 Å². The molecule has 0 aliphatic rings. The van der Waals surface area contributed by atoms with Gasteiger partial charge in [-0.1, -0.05) is 12.1 Å². The molecule has 106 valence electrons. The van der Waals surface area contributed by atoms with Crippen LogP contribution in [0.2, 0.25) is 0 Å². The van der Waals surface area contributed by atoms with Crippen molar-refractivity contribution in [1.82, 2.24) is 5.32 Å². The van der Waals surface area contributed by atoms with Crippen molar-refractivity contribution in [1.29, 1.82) is 0 Å². The Morgan fingerprint density at radius 1 is 1.25 bits per heavy atom. The number of benzene rings is 1. The first-order valence-electron chi connectivity index (χ1n) is 6.03. The maximum Gasteiger partial charge on any atom is 0.257 e. The first-order valence-corrected chi connectivity index (χ1v) is 6.91. The van der Waals surface area contributed by atoms with Gasteiger partial charge in [-0.3, -0.25) is 4.79 Å². The fourth-order valence-electron chi connectivity index (χ4n) is 1.75. The van der Waals surface area contributed by atoms with Crippen LogP contribution >= 0.6 is 11.3 Å². The number of hydrogen-bond acceptors (Lipinski definition) is 3. The summed E-state index contributed by atoms with van der Waals surface area (Å²) in [6, 6.07) is 6.85. The van der Waals surface area contributed by atoms with Gasteiger partial charge in [-0.15, -0.1) is 11.3 Å². The van der Waals surface area contributed by atoms with E-state index in [1.807, 2.05) is 11.4 Å². The van der Waals surface area contributed by atoms with Crippen LogP contribution in [0.25, 0.3) is 0 Å². The summed E-state index contributed by atoms with van der Waals surface area (Å²) in [7, 11) is 0. The summed E-state index contributed by atoms with van der Waals surface area (Å²) >= 11 is 1.41. The number of amides is 1. The van der Waals surface area contributed by atoms with Gasteiger partial charge in [0.2, 0.25) is 0 Å². The molecule has 0 saturated carbocycles. The van der Waals surface area contributed by atoms with Crippen molar-refractivity contribution in [3.8, 4) is 0 Å². The molecule has 0 aliphatic heterocycles. The summed E-state index contributed by atoms with van der Waals surface area (Å²) in [6.07, 6.45) is -0.414. The van der Waals surface area contributed by atoms with Gasteiger partial charge in [0.1, 0.15) is 17.2 Å². The van der Waals surface area contributed by atoms with Crippen LogP contribution in [0.4, 0.5) is 8.78 Å². The maximum atomic E-state index is 13.4. The van der Waals surface area contributed by atoms with E-state index in [-0.39, 0.29) is 13.0 Å². The van der Waals surface area contributed by atoms with E-state index in [9.17, 15) is 18.7 Å². The minimum atomic E-state index is -0.902. The molecule has 1 amide bonds. The van der Waals surface area contributed by atoms with Gasteiger partial charge in [0, 0.05) is 11.4 Å². The highest BCUT2D eigenvalue weighted by atomic mass is 32.1. The van der Waals surface area contributed by atoms with E-state index in [0.717, 1.165) is 17.0 Å². The van der Waals surface area contributed by atoms with Crippen LogP contribution in [0.5, 0.6) is 0 Å². The zero-order chi connectivity index (χ0) is 14.5. The SMILES string of the molecule is O=C(NCC[C@H](O)c1cccs1)c1c(F)cccc1F. The van der Waals surface area contributed by atoms with Gasteiger partial charge in [0.05, 0.1) is 6.10 Å². The van der Waals surface area contributed by atoms with E-state index in [1.165, 1.54) is 17.4 Å². The third-order valence-electron chi connectivity index (χ3n) is 2.76. The Kier molecular flexibility index (Phi) is 4.81. The third-order valence-corrected chi connectivity index (χ3v) is 3.74. The fourth-order valence-corrected chi connectivity index (χ4v) is 2.50. The molecule has 1 aromatic carbocycles. The zero-order valence-electron chi connectivity index (χ0n) is 10.5. The van der Waals surface area contributed by atoms with Crippen LogP contribution in [-0.4, -0.2) is 17.6 Å². The van der Waals surface area contributed by atoms with Crippen molar-refractivity contribution < 1.29 is 18.7 Å². The lowest BCUT2D eigenvalue weighted by molar-refractivity contribution is 0.0935. The van der Waals surface area contributed by atoms with Crippen LogP contribution in [0, 0.1) is 11.6 Å². The van der Waals surface area contributed by atoms with Crippen molar-refractivity contribution in [2.24, 2.45) is 0 Å². The van der Waals surface area contributed by atoms with E-state index < -0.39 is 29.2 Å². The second-order valence-electron chi connectivity index (χ2n) is 4.17. The monoisotopic (exact) mass is 297 g/mol. The van der Waals surface area contributed by atoms with Crippen LogP contribution in [0.3, 0.4) is 0 Å². The first-order chi connectivity index (χ1) is 9.59. The summed E-state index contributed by atoms with van der Waals surface area (Å²) in [5, 5.41) is 14.1. The quantitative estimate of drug-likeness (QED) is 0.891. The van der Waals surface area contributed by atoms with Crippen molar-refractivity contribution in [3.63, 3.8) is 0 Å². The summed E-state index contributed by atoms with van der Waals surface area (Å²) in [5.41, 5.74) is -0.599. The predicted octanol–water partition coefficient (Wildman–Crippen LogP) is 2.88. The molecule has 0 radical (unpaired) electrons. The molecule has 0 unspecified atom stereocenters. The number of thiophene rings is 1. The molecule has 0 fully saturated rings. The molecule has 1 aromatic heterocycles. The van der Waals surface area contributed by atoms with E-state index >= 15 is 0 Å². The Morgan fingerprint density at radius 3 is 2.55 bits per heavy atom. The van der Waals surface area contributed by atoms with E-state index in [0.29, 0.717) is 0 Å². The average molecular weight is 297 g/mol. The molecule has 6 heteroatoms. The lowest BCUT2D eigenvalue weighted by Gasteiger charge is -2.10. The second kappa shape index (κ2) is 6.58. The summed E-state index contributed by atoms with van der Waals surface area (Å²) < 4.78 is 26.7. The topological polar surface area (TPSA) is 49.3 Å². The highest BCUT2D eigenvalue weighted by Gasteiger charge is 2.17. The van der Waals surface area contributed by atoms with Gasteiger partial charge in [0.25, 0.3) is 5.91 Å².